The van der Waals surface area contributed by atoms with Gasteiger partial charge in [-0.05, 0) is 37.1 Å². The standard InChI is InChI=1S/C13H16ClFN2O/c1-17(13(18)12-3-2-6-16-12)8-9-4-5-10(14)11(15)7-9/h4-5,7,12,16H,2-3,6,8H2,1H3. The van der Waals surface area contributed by atoms with Gasteiger partial charge in [0.15, 0.2) is 0 Å². The van der Waals surface area contributed by atoms with Gasteiger partial charge in [0.1, 0.15) is 5.82 Å². The minimum absolute atomic E-state index is 0.0582. The van der Waals surface area contributed by atoms with Crippen LogP contribution in [-0.4, -0.2) is 30.4 Å². The number of rotatable bonds is 3. The van der Waals surface area contributed by atoms with E-state index in [0.717, 1.165) is 24.9 Å². The van der Waals surface area contributed by atoms with Crippen molar-refractivity contribution < 1.29 is 9.18 Å². The van der Waals surface area contributed by atoms with Gasteiger partial charge in [-0.3, -0.25) is 4.79 Å². The summed E-state index contributed by atoms with van der Waals surface area (Å²) < 4.78 is 13.3. The zero-order valence-corrected chi connectivity index (χ0v) is 11.0. The Bertz CT molecular complexity index is 447. The first-order chi connectivity index (χ1) is 8.58. The van der Waals surface area contributed by atoms with Crippen molar-refractivity contribution >= 4 is 17.5 Å². The molecule has 1 aliphatic heterocycles. The zero-order valence-electron chi connectivity index (χ0n) is 10.2. The van der Waals surface area contributed by atoms with E-state index in [9.17, 15) is 9.18 Å². The number of nitrogens with one attached hydrogen (secondary N) is 1. The Labute approximate surface area is 111 Å². The molecule has 3 nitrogen and oxygen atoms in total. The van der Waals surface area contributed by atoms with E-state index in [2.05, 4.69) is 5.32 Å². The van der Waals surface area contributed by atoms with E-state index in [4.69, 9.17) is 11.6 Å². The Morgan fingerprint density at radius 1 is 1.61 bits per heavy atom. The minimum atomic E-state index is -0.450. The van der Waals surface area contributed by atoms with Crippen molar-refractivity contribution in [1.82, 2.24) is 10.2 Å². The van der Waals surface area contributed by atoms with Crippen LogP contribution in [0.2, 0.25) is 5.02 Å². The summed E-state index contributed by atoms with van der Waals surface area (Å²) in [6.45, 7) is 1.28. The topological polar surface area (TPSA) is 32.3 Å². The Kier molecular flexibility index (Phi) is 4.19. The van der Waals surface area contributed by atoms with Crippen molar-refractivity contribution in [2.45, 2.75) is 25.4 Å². The highest BCUT2D eigenvalue weighted by Gasteiger charge is 2.24. The first-order valence-corrected chi connectivity index (χ1v) is 6.38. The van der Waals surface area contributed by atoms with E-state index >= 15 is 0 Å². The minimum Gasteiger partial charge on any atom is -0.340 e. The first-order valence-electron chi connectivity index (χ1n) is 6.00. The summed E-state index contributed by atoms with van der Waals surface area (Å²) in [6, 6.07) is 4.52. The van der Waals surface area contributed by atoms with Crippen molar-refractivity contribution in [3.63, 3.8) is 0 Å². The molecule has 98 valence electrons. The molecule has 0 saturated carbocycles. The first kappa shape index (κ1) is 13.3. The van der Waals surface area contributed by atoms with E-state index in [0.29, 0.717) is 6.54 Å². The molecule has 1 heterocycles. The summed E-state index contributed by atoms with van der Waals surface area (Å²) in [5.74, 6) is -0.392. The molecular weight excluding hydrogens is 255 g/mol. The van der Waals surface area contributed by atoms with Gasteiger partial charge in [-0.15, -0.1) is 0 Å². The molecule has 18 heavy (non-hydrogen) atoms. The second-order valence-electron chi connectivity index (χ2n) is 4.59. The molecule has 1 amide bonds. The number of likely N-dealkylation sites (N-methyl/N-ethyl adjacent to an activating group) is 1. The van der Waals surface area contributed by atoms with Gasteiger partial charge in [0.25, 0.3) is 0 Å². The molecule has 0 spiro atoms. The summed E-state index contributed by atoms with van der Waals surface area (Å²) in [6.07, 6.45) is 1.90. The van der Waals surface area contributed by atoms with Gasteiger partial charge in [-0.2, -0.15) is 0 Å². The maximum absolute atomic E-state index is 13.3. The smallest absolute Gasteiger partial charge is 0.239 e. The highest BCUT2D eigenvalue weighted by molar-refractivity contribution is 6.30. The van der Waals surface area contributed by atoms with Gasteiger partial charge in [-0.25, -0.2) is 4.39 Å². The van der Waals surface area contributed by atoms with Crippen molar-refractivity contribution in [3.05, 3.63) is 34.6 Å². The molecule has 1 unspecified atom stereocenters. The predicted octanol–water partition coefficient (Wildman–Crippen LogP) is 2.19. The van der Waals surface area contributed by atoms with Crippen LogP contribution in [0.1, 0.15) is 18.4 Å². The average molecular weight is 271 g/mol. The lowest BCUT2D eigenvalue weighted by Crippen LogP contribution is -2.41. The van der Waals surface area contributed by atoms with Crippen LogP contribution < -0.4 is 5.32 Å². The van der Waals surface area contributed by atoms with Crippen LogP contribution in [0.15, 0.2) is 18.2 Å². The van der Waals surface area contributed by atoms with Crippen LogP contribution >= 0.6 is 11.6 Å². The fourth-order valence-electron chi connectivity index (χ4n) is 2.15. The number of benzene rings is 1. The maximum atomic E-state index is 13.3. The van der Waals surface area contributed by atoms with Crippen molar-refractivity contribution in [2.75, 3.05) is 13.6 Å². The van der Waals surface area contributed by atoms with Crippen molar-refractivity contribution in [2.24, 2.45) is 0 Å². The van der Waals surface area contributed by atoms with Crippen LogP contribution in [0.4, 0.5) is 4.39 Å². The fraction of sp³-hybridized carbons (Fsp3) is 0.462. The monoisotopic (exact) mass is 270 g/mol. The third kappa shape index (κ3) is 3.00. The van der Waals surface area contributed by atoms with E-state index in [1.54, 1.807) is 18.0 Å². The van der Waals surface area contributed by atoms with Crippen LogP contribution in [-0.2, 0) is 11.3 Å². The number of amides is 1. The SMILES string of the molecule is CN(Cc1ccc(Cl)c(F)c1)C(=O)C1CCCN1. The van der Waals surface area contributed by atoms with Crippen molar-refractivity contribution in [3.8, 4) is 0 Å². The predicted molar refractivity (Wildman–Crippen MR) is 68.9 cm³/mol. The van der Waals surface area contributed by atoms with Crippen molar-refractivity contribution in [1.29, 1.82) is 0 Å². The lowest BCUT2D eigenvalue weighted by molar-refractivity contribution is -0.132. The third-order valence-electron chi connectivity index (χ3n) is 3.14. The summed E-state index contributed by atoms with van der Waals surface area (Å²) in [5, 5.41) is 3.26. The molecule has 0 radical (unpaired) electrons. The summed E-state index contributed by atoms with van der Waals surface area (Å²) >= 11 is 5.62. The summed E-state index contributed by atoms with van der Waals surface area (Å²) in [5.41, 5.74) is 0.741. The van der Waals surface area contributed by atoms with Crippen LogP contribution in [0.25, 0.3) is 0 Å². The van der Waals surface area contributed by atoms with Gasteiger partial charge in [0.05, 0.1) is 11.1 Å². The van der Waals surface area contributed by atoms with Gasteiger partial charge in [0, 0.05) is 13.6 Å². The molecule has 1 fully saturated rings. The number of hydrogen-bond acceptors (Lipinski definition) is 2. The van der Waals surface area contributed by atoms with Crippen LogP contribution in [0.3, 0.4) is 0 Å². The molecule has 1 N–H and O–H groups in total. The molecule has 5 heteroatoms. The van der Waals surface area contributed by atoms with Gasteiger partial charge < -0.3 is 10.2 Å². The highest BCUT2D eigenvalue weighted by atomic mass is 35.5. The molecule has 1 atom stereocenters. The van der Waals surface area contributed by atoms with Gasteiger partial charge in [-0.1, -0.05) is 17.7 Å². The molecule has 1 saturated heterocycles. The number of hydrogen-bond donors (Lipinski definition) is 1. The summed E-state index contributed by atoms with van der Waals surface area (Å²) in [7, 11) is 1.73. The number of halogens is 2. The molecule has 1 aromatic carbocycles. The maximum Gasteiger partial charge on any atom is 0.239 e. The van der Waals surface area contributed by atoms with E-state index in [1.807, 2.05) is 0 Å². The molecule has 2 rings (SSSR count). The highest BCUT2D eigenvalue weighted by Crippen LogP contribution is 2.17. The van der Waals surface area contributed by atoms with E-state index < -0.39 is 5.82 Å². The molecule has 0 bridgehead atoms. The lowest BCUT2D eigenvalue weighted by Gasteiger charge is -2.21. The Hall–Kier alpha value is -1.13. The van der Waals surface area contributed by atoms with Gasteiger partial charge in [0.2, 0.25) is 5.91 Å². The van der Waals surface area contributed by atoms with E-state index in [-0.39, 0.29) is 17.0 Å². The third-order valence-corrected chi connectivity index (χ3v) is 3.44. The Balaban J connectivity index is 1.99. The van der Waals surface area contributed by atoms with Gasteiger partial charge >= 0.3 is 0 Å². The van der Waals surface area contributed by atoms with Crippen LogP contribution in [0.5, 0.6) is 0 Å². The Morgan fingerprint density at radius 2 is 2.39 bits per heavy atom. The quantitative estimate of drug-likeness (QED) is 0.913. The molecular formula is C13H16ClFN2O. The molecule has 1 aliphatic rings. The number of carbonyl (C=O) groups is 1. The second kappa shape index (κ2) is 5.67. The average Bonchev–Trinajstić information content (AvgIpc) is 2.86. The molecule has 1 aromatic rings. The lowest BCUT2D eigenvalue weighted by atomic mass is 10.1. The molecule has 0 aromatic heterocycles. The van der Waals surface area contributed by atoms with E-state index in [1.165, 1.54) is 12.1 Å². The Morgan fingerprint density at radius 3 is 3.00 bits per heavy atom. The largest absolute Gasteiger partial charge is 0.340 e. The number of carbonyl (C=O) groups excluding carboxylic acids is 1. The van der Waals surface area contributed by atoms with Crippen LogP contribution in [0, 0.1) is 5.82 Å². The second-order valence-corrected chi connectivity index (χ2v) is 5.00. The zero-order chi connectivity index (χ0) is 13.1. The number of nitrogens with zero attached hydrogens (tertiary/aromatic N) is 1. The fourth-order valence-corrected chi connectivity index (χ4v) is 2.27. The summed E-state index contributed by atoms with van der Waals surface area (Å²) in [4.78, 5) is 13.7. The normalized spacial score (nSPS) is 18.9. The molecule has 0 aliphatic carbocycles.